The van der Waals surface area contributed by atoms with Gasteiger partial charge in [0.15, 0.2) is 17.4 Å². The van der Waals surface area contributed by atoms with Gasteiger partial charge in [-0.3, -0.25) is 19.1 Å². The number of nitrogens with zero attached hydrogens (tertiary/aromatic N) is 8. The number of carbonyl (C=O) groups is 3. The van der Waals surface area contributed by atoms with Crippen LogP contribution in [-0.4, -0.2) is 117 Å². The van der Waals surface area contributed by atoms with Gasteiger partial charge >= 0.3 is 0 Å². The summed E-state index contributed by atoms with van der Waals surface area (Å²) in [6, 6.07) is 4.82. The van der Waals surface area contributed by atoms with Gasteiger partial charge in [0.2, 0.25) is 11.8 Å². The van der Waals surface area contributed by atoms with Gasteiger partial charge in [0.1, 0.15) is 11.5 Å². The number of hydrogen-bond acceptors (Lipinski definition) is 8. The Kier molecular flexibility index (Phi) is 9.52. The van der Waals surface area contributed by atoms with Gasteiger partial charge in [0.25, 0.3) is 5.91 Å². The summed E-state index contributed by atoms with van der Waals surface area (Å²) in [5, 5.41) is 8.30. The lowest BCUT2D eigenvalue weighted by atomic mass is 9.91. The molecule has 15 heteroatoms. The van der Waals surface area contributed by atoms with Crippen LogP contribution in [0.4, 0.5) is 14.6 Å². The molecule has 1 saturated heterocycles. The smallest absolute Gasteiger partial charge is 0.270 e. The highest BCUT2D eigenvalue weighted by atomic mass is 19.1. The highest BCUT2D eigenvalue weighted by molar-refractivity contribution is 6.03. The molecule has 4 aromatic rings. The second-order valence-electron chi connectivity index (χ2n) is 12.9. The number of aromatic nitrogens is 5. The highest BCUT2D eigenvalue weighted by Crippen LogP contribution is 2.37. The van der Waals surface area contributed by atoms with Crippen molar-refractivity contribution >= 4 is 45.6 Å². The number of rotatable bonds is 8. The van der Waals surface area contributed by atoms with E-state index in [1.807, 2.05) is 23.1 Å². The van der Waals surface area contributed by atoms with Crippen molar-refractivity contribution in [3.63, 3.8) is 0 Å². The standard InChI is InChI=1S/C36H39F2N9O4.H2/c1-23(48)43-10-5-24(6-11-43)27-19-28(25-4-3-9-46(22-25)32(49)7-12-47-13-8-40-42-47)33(38)34-29(27)20-30(41-34)36(50)45-16-14-44(15-17-45)35-31(51-2)18-26(37)21-39-35;/h4-5,8,13,18-21,41H,3,6-7,9-12,14-17,22H2,1-2H3;1H. The van der Waals surface area contributed by atoms with E-state index in [0.29, 0.717) is 93.3 Å². The lowest BCUT2D eigenvalue weighted by Crippen LogP contribution is -2.49. The first-order valence-corrected chi connectivity index (χ1v) is 17.0. The zero-order valence-electron chi connectivity index (χ0n) is 28.6. The lowest BCUT2D eigenvalue weighted by Gasteiger charge is -2.35. The first kappa shape index (κ1) is 33.9. The monoisotopic (exact) mass is 701 g/mol. The zero-order chi connectivity index (χ0) is 35.6. The minimum Gasteiger partial charge on any atom is -0.493 e. The van der Waals surface area contributed by atoms with E-state index >= 15 is 4.39 Å². The number of hydrogen-bond donors (Lipinski definition) is 1. The molecule has 1 aromatic carbocycles. The Bertz CT molecular complexity index is 2040. The largest absolute Gasteiger partial charge is 0.493 e. The molecular formula is C36H41F2N9O4. The van der Waals surface area contributed by atoms with Crippen LogP contribution >= 0.6 is 0 Å². The molecule has 268 valence electrons. The molecule has 13 nitrogen and oxygen atoms in total. The van der Waals surface area contributed by atoms with Crippen molar-refractivity contribution in [3.8, 4) is 5.75 Å². The van der Waals surface area contributed by atoms with Gasteiger partial charge in [0.05, 0.1) is 31.6 Å². The molecule has 0 atom stereocenters. The van der Waals surface area contributed by atoms with Crippen molar-refractivity contribution in [2.45, 2.75) is 32.7 Å². The minimum atomic E-state index is -0.497. The van der Waals surface area contributed by atoms with Crippen LogP contribution in [0.1, 0.15) is 49.2 Å². The van der Waals surface area contributed by atoms with Crippen molar-refractivity contribution < 1.29 is 29.3 Å². The Hall–Kier alpha value is -5.60. The van der Waals surface area contributed by atoms with Gasteiger partial charge in [-0.05, 0) is 41.7 Å². The van der Waals surface area contributed by atoms with Gasteiger partial charge < -0.3 is 29.3 Å². The number of ether oxygens (including phenoxy) is 1. The van der Waals surface area contributed by atoms with Gasteiger partial charge in [-0.25, -0.2) is 13.8 Å². The van der Waals surface area contributed by atoms with Crippen LogP contribution in [0.2, 0.25) is 0 Å². The van der Waals surface area contributed by atoms with E-state index in [0.717, 1.165) is 17.3 Å². The Balaban J connectivity index is 0.00000464. The van der Waals surface area contributed by atoms with Crippen LogP contribution in [0, 0.1) is 11.6 Å². The molecule has 3 aromatic heterocycles. The normalized spacial score (nSPS) is 16.7. The number of nitrogens with one attached hydrogen (secondary N) is 1. The van der Waals surface area contributed by atoms with Crippen LogP contribution in [0.15, 0.2) is 48.9 Å². The maximum absolute atomic E-state index is 16.6. The zero-order valence-corrected chi connectivity index (χ0v) is 28.6. The summed E-state index contributed by atoms with van der Waals surface area (Å²) < 4.78 is 37.3. The maximum atomic E-state index is 16.6. The third-order valence-electron chi connectivity index (χ3n) is 9.85. The molecule has 51 heavy (non-hydrogen) atoms. The molecule has 3 aliphatic rings. The fraction of sp³-hybridized carbons (Fsp3) is 0.389. The molecule has 0 radical (unpaired) electrons. The number of aromatic amines is 1. The topological polar surface area (TPSA) is 133 Å². The van der Waals surface area contributed by atoms with Gasteiger partial charge in [-0.2, -0.15) is 0 Å². The number of benzene rings is 1. The number of H-pyrrole nitrogens is 1. The number of pyridine rings is 1. The number of carbonyl (C=O) groups excluding carboxylic acids is 3. The number of methoxy groups -OCH3 is 1. The quantitative estimate of drug-likeness (QED) is 0.292. The van der Waals surface area contributed by atoms with E-state index in [2.05, 4.69) is 20.3 Å². The number of anilines is 1. The SMILES string of the molecule is COc1cc(F)cnc1N1CCN(C(=O)c2cc3c(C4=CCN(C(C)=O)CC4)cc(C4=CCCN(C(=O)CCn5ccnn5)C4)c(F)c3[nH]2)CC1.[HH]. The van der Waals surface area contributed by atoms with Gasteiger partial charge in [-0.15, -0.1) is 5.10 Å². The summed E-state index contributed by atoms with van der Waals surface area (Å²) in [6.45, 7) is 5.32. The first-order chi connectivity index (χ1) is 24.7. The summed E-state index contributed by atoms with van der Waals surface area (Å²) in [6.07, 6.45) is 9.76. The fourth-order valence-electron chi connectivity index (χ4n) is 7.04. The van der Waals surface area contributed by atoms with Crippen LogP contribution < -0.4 is 9.64 Å². The predicted molar refractivity (Wildman–Crippen MR) is 188 cm³/mol. The molecule has 0 saturated carbocycles. The van der Waals surface area contributed by atoms with E-state index in [1.165, 1.54) is 20.1 Å². The molecule has 6 heterocycles. The summed E-state index contributed by atoms with van der Waals surface area (Å²) >= 11 is 0. The number of aryl methyl sites for hydroxylation is 1. The van der Waals surface area contributed by atoms with E-state index in [-0.39, 0.29) is 43.3 Å². The van der Waals surface area contributed by atoms with Crippen LogP contribution in [-0.2, 0) is 16.1 Å². The molecular weight excluding hydrogens is 660 g/mol. The molecule has 0 aliphatic carbocycles. The summed E-state index contributed by atoms with van der Waals surface area (Å²) in [5.74, 6) is -0.496. The van der Waals surface area contributed by atoms with E-state index in [1.54, 1.807) is 37.8 Å². The van der Waals surface area contributed by atoms with Gasteiger partial charge in [-0.1, -0.05) is 17.4 Å². The Morgan fingerprint density at radius 2 is 1.78 bits per heavy atom. The van der Waals surface area contributed by atoms with Crippen LogP contribution in [0.25, 0.3) is 22.0 Å². The Morgan fingerprint density at radius 1 is 0.961 bits per heavy atom. The van der Waals surface area contributed by atoms with Gasteiger partial charge in [0, 0.05) is 90.3 Å². The molecule has 0 unspecified atom stereocenters. The molecule has 1 fully saturated rings. The van der Waals surface area contributed by atoms with Crippen molar-refractivity contribution in [1.82, 2.24) is 39.7 Å². The number of piperazine rings is 1. The fourth-order valence-corrected chi connectivity index (χ4v) is 7.04. The van der Waals surface area contributed by atoms with E-state index < -0.39 is 11.6 Å². The second kappa shape index (κ2) is 14.3. The molecule has 0 spiro atoms. The van der Waals surface area contributed by atoms with Crippen LogP contribution in [0.5, 0.6) is 5.75 Å². The number of halogens is 2. The van der Waals surface area contributed by atoms with Crippen molar-refractivity contribution in [1.29, 1.82) is 0 Å². The van der Waals surface area contributed by atoms with Crippen molar-refractivity contribution in [2.24, 2.45) is 0 Å². The molecule has 3 amide bonds. The molecule has 7 rings (SSSR count). The summed E-state index contributed by atoms with van der Waals surface area (Å²) in [4.78, 5) is 53.6. The van der Waals surface area contributed by atoms with Crippen molar-refractivity contribution in [3.05, 3.63) is 77.4 Å². The second-order valence-corrected chi connectivity index (χ2v) is 12.9. The lowest BCUT2D eigenvalue weighted by molar-refractivity contribution is -0.131. The highest BCUT2D eigenvalue weighted by Gasteiger charge is 2.29. The number of fused-ring (bicyclic) bond motifs is 1. The molecule has 3 aliphatic heterocycles. The minimum absolute atomic E-state index is 0. The van der Waals surface area contributed by atoms with E-state index in [9.17, 15) is 18.8 Å². The average molecular weight is 702 g/mol. The van der Waals surface area contributed by atoms with Crippen LogP contribution in [0.3, 0.4) is 0 Å². The Labute approximate surface area is 294 Å². The predicted octanol–water partition coefficient (Wildman–Crippen LogP) is 3.99. The Morgan fingerprint density at radius 3 is 2.49 bits per heavy atom. The number of amides is 3. The average Bonchev–Trinajstić information content (AvgIpc) is 3.85. The summed E-state index contributed by atoms with van der Waals surface area (Å²) in [5.41, 5.74) is 3.29. The molecule has 1 N–H and O–H groups in total. The third-order valence-corrected chi connectivity index (χ3v) is 9.85. The van der Waals surface area contributed by atoms with Crippen molar-refractivity contribution in [2.75, 3.05) is 64.4 Å². The summed E-state index contributed by atoms with van der Waals surface area (Å²) in [7, 11) is 1.46. The third kappa shape index (κ3) is 6.92. The first-order valence-electron chi connectivity index (χ1n) is 17.0. The van der Waals surface area contributed by atoms with E-state index in [4.69, 9.17) is 4.74 Å². The maximum Gasteiger partial charge on any atom is 0.270 e. The molecule has 0 bridgehead atoms.